The summed E-state index contributed by atoms with van der Waals surface area (Å²) in [6, 6.07) is 7.09. The van der Waals surface area contributed by atoms with Gasteiger partial charge in [-0.2, -0.15) is 5.26 Å². The molecule has 1 unspecified atom stereocenters. The Hall–Kier alpha value is -2.48. The Kier molecular flexibility index (Phi) is 5.42. The van der Waals surface area contributed by atoms with Crippen LogP contribution in [0.5, 0.6) is 11.5 Å². The fourth-order valence-corrected chi connectivity index (χ4v) is 1.42. The molecule has 0 radical (unpaired) electrons. The summed E-state index contributed by atoms with van der Waals surface area (Å²) in [5.41, 5.74) is 0.551. The van der Waals surface area contributed by atoms with E-state index < -0.39 is 12.1 Å². The van der Waals surface area contributed by atoms with E-state index >= 15 is 0 Å². The highest BCUT2D eigenvalue weighted by Gasteiger charge is 2.12. The second kappa shape index (κ2) is 7.07. The highest BCUT2D eigenvalue weighted by molar-refractivity contribution is 5.86. The Bertz CT molecular complexity index is 517. The van der Waals surface area contributed by atoms with Gasteiger partial charge in [-0.15, -0.1) is 0 Å². The summed E-state index contributed by atoms with van der Waals surface area (Å²) in [6.45, 7) is 3.88. The number of nitrogens with zero attached hydrogens (tertiary/aromatic N) is 1. The van der Waals surface area contributed by atoms with Crippen molar-refractivity contribution in [2.24, 2.45) is 0 Å². The molecule has 1 atom stereocenters. The Morgan fingerprint density at radius 1 is 1.58 bits per heavy atom. The first-order chi connectivity index (χ1) is 9.08. The summed E-state index contributed by atoms with van der Waals surface area (Å²) in [6.07, 6.45) is 1.76. The number of benzene rings is 1. The van der Waals surface area contributed by atoms with Gasteiger partial charge >= 0.3 is 5.97 Å². The topological polar surface area (TPSA) is 79.6 Å². The fourth-order valence-electron chi connectivity index (χ4n) is 1.42. The van der Waals surface area contributed by atoms with E-state index in [-0.39, 0.29) is 0 Å². The number of carbonyl (C=O) groups is 1. The molecule has 5 heteroatoms. The lowest BCUT2D eigenvalue weighted by atomic mass is 10.1. The lowest BCUT2D eigenvalue weighted by molar-refractivity contribution is -0.131. The second-order valence-electron chi connectivity index (χ2n) is 3.67. The Labute approximate surface area is 111 Å². The van der Waals surface area contributed by atoms with Crippen LogP contribution in [0.25, 0.3) is 6.08 Å². The van der Waals surface area contributed by atoms with Crippen LogP contribution in [-0.2, 0) is 4.79 Å². The van der Waals surface area contributed by atoms with Crippen molar-refractivity contribution in [2.45, 2.75) is 20.0 Å². The maximum Gasteiger partial charge on any atom is 0.328 e. The van der Waals surface area contributed by atoms with Crippen molar-refractivity contribution >= 4 is 12.0 Å². The monoisotopic (exact) mass is 261 g/mol. The van der Waals surface area contributed by atoms with Crippen molar-refractivity contribution < 1.29 is 19.4 Å². The largest absolute Gasteiger partial charge is 0.490 e. The van der Waals surface area contributed by atoms with Gasteiger partial charge < -0.3 is 14.6 Å². The first kappa shape index (κ1) is 14.6. The van der Waals surface area contributed by atoms with Gasteiger partial charge in [-0.1, -0.05) is 12.1 Å². The predicted molar refractivity (Wildman–Crippen MR) is 70.0 cm³/mol. The minimum atomic E-state index is -1.05. The van der Waals surface area contributed by atoms with Gasteiger partial charge in [0.15, 0.2) is 17.6 Å². The summed E-state index contributed by atoms with van der Waals surface area (Å²) in [7, 11) is 0. The Balaban J connectivity index is 3.17. The quantitative estimate of drug-likeness (QED) is 0.796. The molecule has 0 spiro atoms. The normalized spacial score (nSPS) is 11.8. The van der Waals surface area contributed by atoms with E-state index in [1.165, 1.54) is 6.08 Å². The molecule has 0 bridgehead atoms. The maximum absolute atomic E-state index is 10.6. The van der Waals surface area contributed by atoms with Gasteiger partial charge in [-0.25, -0.2) is 4.79 Å². The van der Waals surface area contributed by atoms with Crippen LogP contribution in [0, 0.1) is 11.3 Å². The van der Waals surface area contributed by atoms with Crippen LogP contribution in [0.3, 0.4) is 0 Å². The Morgan fingerprint density at radius 2 is 2.32 bits per heavy atom. The SMILES string of the molecule is CCOc1cccc(C=CC(=O)O)c1OC(C)C#N. The molecule has 5 nitrogen and oxygen atoms in total. The number of aliphatic carboxylic acids is 1. The number of hydrogen-bond donors (Lipinski definition) is 1. The van der Waals surface area contributed by atoms with E-state index in [0.29, 0.717) is 23.7 Å². The molecular formula is C14H15NO4. The molecule has 0 aromatic heterocycles. The zero-order chi connectivity index (χ0) is 14.3. The standard InChI is InChI=1S/C14H15NO4/c1-3-18-12-6-4-5-11(7-8-13(16)17)14(12)19-10(2)9-15/h4-8,10H,3H2,1-2H3,(H,16,17). The fraction of sp³-hybridized carbons (Fsp3) is 0.286. The molecule has 1 N–H and O–H groups in total. The number of para-hydroxylation sites is 1. The number of ether oxygens (including phenoxy) is 2. The van der Waals surface area contributed by atoms with Crippen LogP contribution in [-0.4, -0.2) is 23.8 Å². The van der Waals surface area contributed by atoms with Crippen molar-refractivity contribution in [1.82, 2.24) is 0 Å². The third-order valence-corrected chi connectivity index (χ3v) is 2.19. The van der Waals surface area contributed by atoms with Crippen molar-refractivity contribution in [2.75, 3.05) is 6.61 Å². The molecule has 100 valence electrons. The highest BCUT2D eigenvalue weighted by Crippen LogP contribution is 2.33. The third kappa shape index (κ3) is 4.36. The zero-order valence-corrected chi connectivity index (χ0v) is 10.8. The summed E-state index contributed by atoms with van der Waals surface area (Å²) >= 11 is 0. The van der Waals surface area contributed by atoms with Crippen LogP contribution in [0.15, 0.2) is 24.3 Å². The predicted octanol–water partition coefficient (Wildman–Crippen LogP) is 2.47. The molecule has 0 amide bonds. The van der Waals surface area contributed by atoms with Crippen molar-refractivity contribution in [1.29, 1.82) is 5.26 Å². The minimum Gasteiger partial charge on any atom is -0.490 e. The number of nitriles is 1. The van der Waals surface area contributed by atoms with Crippen LogP contribution >= 0.6 is 0 Å². The van der Waals surface area contributed by atoms with Gasteiger partial charge in [0.05, 0.1) is 6.61 Å². The van der Waals surface area contributed by atoms with Gasteiger partial charge in [0.25, 0.3) is 0 Å². The van der Waals surface area contributed by atoms with Gasteiger partial charge in [0.2, 0.25) is 0 Å². The molecule has 0 heterocycles. The maximum atomic E-state index is 10.6. The molecule has 1 aromatic carbocycles. The zero-order valence-electron chi connectivity index (χ0n) is 10.8. The lowest BCUT2D eigenvalue weighted by Crippen LogP contribution is -2.10. The molecule has 0 fully saturated rings. The molecular weight excluding hydrogens is 246 g/mol. The molecule has 0 aliphatic rings. The first-order valence-electron chi connectivity index (χ1n) is 5.81. The van der Waals surface area contributed by atoms with Gasteiger partial charge in [-0.05, 0) is 26.0 Å². The number of rotatable bonds is 6. The van der Waals surface area contributed by atoms with Crippen molar-refractivity contribution in [3.05, 3.63) is 29.8 Å². The summed E-state index contributed by atoms with van der Waals surface area (Å²) in [5, 5.41) is 17.5. The molecule has 1 aromatic rings. The van der Waals surface area contributed by atoms with Crippen LogP contribution in [0.4, 0.5) is 0 Å². The van der Waals surface area contributed by atoms with Crippen LogP contribution in [0.2, 0.25) is 0 Å². The summed E-state index contributed by atoms with van der Waals surface area (Å²) < 4.78 is 10.9. The number of carboxylic acid groups (broad SMARTS) is 1. The molecule has 0 aliphatic carbocycles. The smallest absolute Gasteiger partial charge is 0.328 e. The minimum absolute atomic E-state index is 0.371. The highest BCUT2D eigenvalue weighted by atomic mass is 16.5. The van der Waals surface area contributed by atoms with Crippen molar-refractivity contribution in [3.8, 4) is 17.6 Å². The molecule has 19 heavy (non-hydrogen) atoms. The van der Waals surface area contributed by atoms with E-state index in [1.807, 2.05) is 13.0 Å². The first-order valence-corrected chi connectivity index (χ1v) is 5.81. The average Bonchev–Trinajstić information content (AvgIpc) is 2.39. The third-order valence-electron chi connectivity index (χ3n) is 2.19. The summed E-state index contributed by atoms with van der Waals surface area (Å²) in [4.78, 5) is 10.6. The van der Waals surface area contributed by atoms with E-state index in [0.717, 1.165) is 6.08 Å². The molecule has 0 saturated heterocycles. The summed E-state index contributed by atoms with van der Waals surface area (Å²) in [5.74, 6) is -0.200. The van der Waals surface area contributed by atoms with E-state index in [1.54, 1.807) is 25.1 Å². The van der Waals surface area contributed by atoms with Gasteiger partial charge in [0.1, 0.15) is 6.07 Å². The number of hydrogen-bond acceptors (Lipinski definition) is 4. The second-order valence-corrected chi connectivity index (χ2v) is 3.67. The molecule has 0 aliphatic heterocycles. The van der Waals surface area contributed by atoms with E-state index in [9.17, 15) is 4.79 Å². The number of carboxylic acids is 1. The van der Waals surface area contributed by atoms with E-state index in [4.69, 9.17) is 19.8 Å². The van der Waals surface area contributed by atoms with Crippen LogP contribution in [0.1, 0.15) is 19.4 Å². The van der Waals surface area contributed by atoms with Gasteiger partial charge in [0, 0.05) is 11.6 Å². The lowest BCUT2D eigenvalue weighted by Gasteiger charge is -2.15. The van der Waals surface area contributed by atoms with E-state index in [2.05, 4.69) is 0 Å². The Morgan fingerprint density at radius 3 is 2.89 bits per heavy atom. The molecule has 1 rings (SSSR count). The molecule has 0 saturated carbocycles. The van der Waals surface area contributed by atoms with Crippen LogP contribution < -0.4 is 9.47 Å². The van der Waals surface area contributed by atoms with Crippen molar-refractivity contribution in [3.63, 3.8) is 0 Å². The average molecular weight is 261 g/mol. The van der Waals surface area contributed by atoms with Gasteiger partial charge in [-0.3, -0.25) is 0 Å².